The minimum atomic E-state index is -0.183. The van der Waals surface area contributed by atoms with Crippen molar-refractivity contribution >= 4 is 21.4 Å². The fourth-order valence-electron chi connectivity index (χ4n) is 3.74. The SMILES string of the molecule is O[C@H]1CN(Cc2cc3ccccc3s2)C[C@@H]1N1CCCC1. The van der Waals surface area contributed by atoms with Crippen LogP contribution in [0.1, 0.15) is 17.7 Å². The highest BCUT2D eigenvalue weighted by Gasteiger charge is 2.36. The predicted octanol–water partition coefficient (Wildman–Crippen LogP) is 2.54. The van der Waals surface area contributed by atoms with Crippen LogP contribution in [0.2, 0.25) is 0 Å². The molecule has 4 rings (SSSR count). The number of β-amino-alcohol motifs (C(OH)–C–C–N with tert-alkyl or cyclic N) is 1. The summed E-state index contributed by atoms with van der Waals surface area (Å²) in [5, 5.41) is 11.7. The summed E-state index contributed by atoms with van der Waals surface area (Å²) in [5.41, 5.74) is 0. The largest absolute Gasteiger partial charge is 0.390 e. The third-order valence-corrected chi connectivity index (χ3v) is 5.90. The highest BCUT2D eigenvalue weighted by Crippen LogP contribution is 2.28. The van der Waals surface area contributed by atoms with Crippen molar-refractivity contribution < 1.29 is 5.11 Å². The first kappa shape index (κ1) is 13.7. The van der Waals surface area contributed by atoms with E-state index in [0.29, 0.717) is 6.04 Å². The molecule has 1 N–H and O–H groups in total. The van der Waals surface area contributed by atoms with Crippen LogP contribution in [0.3, 0.4) is 0 Å². The lowest BCUT2D eigenvalue weighted by Gasteiger charge is -2.25. The van der Waals surface area contributed by atoms with Gasteiger partial charge in [-0.25, -0.2) is 0 Å². The van der Waals surface area contributed by atoms with Gasteiger partial charge in [0.1, 0.15) is 0 Å². The maximum atomic E-state index is 10.4. The lowest BCUT2D eigenvalue weighted by atomic mass is 10.2. The van der Waals surface area contributed by atoms with E-state index in [1.54, 1.807) is 0 Å². The minimum Gasteiger partial charge on any atom is -0.390 e. The van der Waals surface area contributed by atoms with Gasteiger partial charge in [0.05, 0.1) is 6.10 Å². The molecule has 0 amide bonds. The summed E-state index contributed by atoms with van der Waals surface area (Å²) < 4.78 is 1.36. The van der Waals surface area contributed by atoms with Crippen molar-refractivity contribution in [2.45, 2.75) is 31.5 Å². The molecule has 21 heavy (non-hydrogen) atoms. The normalized spacial score (nSPS) is 27.9. The van der Waals surface area contributed by atoms with Gasteiger partial charge in [-0.3, -0.25) is 9.80 Å². The Hall–Kier alpha value is -0.940. The number of nitrogens with zero attached hydrogens (tertiary/aromatic N) is 2. The number of benzene rings is 1. The van der Waals surface area contributed by atoms with Gasteiger partial charge >= 0.3 is 0 Å². The van der Waals surface area contributed by atoms with Crippen LogP contribution in [0.4, 0.5) is 0 Å². The number of aliphatic hydroxyl groups excluding tert-OH is 1. The number of hydrogen-bond donors (Lipinski definition) is 1. The molecule has 0 bridgehead atoms. The second kappa shape index (κ2) is 5.69. The Bertz CT molecular complexity index is 587. The van der Waals surface area contributed by atoms with Gasteiger partial charge in [-0.05, 0) is 43.5 Å². The molecule has 2 fully saturated rings. The average Bonchev–Trinajstić information content (AvgIpc) is 3.17. The Kier molecular flexibility index (Phi) is 3.71. The van der Waals surface area contributed by atoms with Gasteiger partial charge in [0, 0.05) is 35.3 Å². The van der Waals surface area contributed by atoms with E-state index in [0.717, 1.165) is 19.6 Å². The number of thiophene rings is 1. The summed E-state index contributed by atoms with van der Waals surface area (Å²) >= 11 is 1.88. The van der Waals surface area contributed by atoms with Crippen LogP contribution in [0, 0.1) is 0 Å². The van der Waals surface area contributed by atoms with Crippen LogP contribution in [0.15, 0.2) is 30.3 Å². The van der Waals surface area contributed by atoms with Gasteiger partial charge in [-0.15, -0.1) is 11.3 Å². The summed E-state index contributed by atoms with van der Waals surface area (Å²) in [6.45, 7) is 5.13. The molecule has 2 saturated heterocycles. The van der Waals surface area contributed by atoms with Gasteiger partial charge in [-0.2, -0.15) is 0 Å². The Balaban J connectivity index is 1.45. The third-order valence-electron chi connectivity index (χ3n) is 4.80. The first-order valence-corrected chi connectivity index (χ1v) is 8.73. The maximum Gasteiger partial charge on any atom is 0.0834 e. The zero-order valence-electron chi connectivity index (χ0n) is 12.2. The topological polar surface area (TPSA) is 26.7 Å². The summed E-state index contributed by atoms with van der Waals surface area (Å²) in [5.74, 6) is 0. The molecule has 2 aromatic rings. The molecule has 0 radical (unpaired) electrons. The second-order valence-electron chi connectivity index (χ2n) is 6.32. The Morgan fingerprint density at radius 3 is 2.76 bits per heavy atom. The molecule has 0 aliphatic carbocycles. The highest BCUT2D eigenvalue weighted by atomic mass is 32.1. The molecule has 0 spiro atoms. The molecule has 112 valence electrons. The average molecular weight is 302 g/mol. The standard InChI is InChI=1S/C17H22N2OS/c20-16-12-18(11-15(16)19-7-3-4-8-19)10-14-9-13-5-1-2-6-17(13)21-14/h1-2,5-6,9,15-16,20H,3-4,7-8,10-12H2/t15-,16-/m0/s1. The fourth-order valence-corrected chi connectivity index (χ4v) is 4.85. The van der Waals surface area contributed by atoms with Crippen LogP contribution in [-0.4, -0.2) is 53.2 Å². The van der Waals surface area contributed by atoms with Gasteiger partial charge in [0.15, 0.2) is 0 Å². The molecule has 0 saturated carbocycles. The number of aliphatic hydroxyl groups is 1. The smallest absolute Gasteiger partial charge is 0.0834 e. The lowest BCUT2D eigenvalue weighted by molar-refractivity contribution is 0.0978. The van der Waals surface area contributed by atoms with Crippen molar-refractivity contribution in [2.75, 3.05) is 26.2 Å². The quantitative estimate of drug-likeness (QED) is 0.944. The maximum absolute atomic E-state index is 10.4. The Morgan fingerprint density at radius 1 is 1.14 bits per heavy atom. The van der Waals surface area contributed by atoms with E-state index in [-0.39, 0.29) is 6.10 Å². The molecule has 1 aromatic heterocycles. The predicted molar refractivity (Wildman–Crippen MR) is 87.7 cm³/mol. The van der Waals surface area contributed by atoms with E-state index in [1.807, 2.05) is 11.3 Å². The zero-order chi connectivity index (χ0) is 14.2. The van der Waals surface area contributed by atoms with Crippen LogP contribution in [-0.2, 0) is 6.54 Å². The summed E-state index contributed by atoms with van der Waals surface area (Å²) in [6, 6.07) is 11.2. The first-order valence-electron chi connectivity index (χ1n) is 7.91. The Morgan fingerprint density at radius 2 is 1.95 bits per heavy atom. The van der Waals surface area contributed by atoms with E-state index in [1.165, 1.54) is 40.9 Å². The molecule has 1 aromatic carbocycles. The van der Waals surface area contributed by atoms with Crippen molar-refractivity contribution in [1.29, 1.82) is 0 Å². The van der Waals surface area contributed by atoms with Gasteiger partial charge in [0.2, 0.25) is 0 Å². The highest BCUT2D eigenvalue weighted by molar-refractivity contribution is 7.19. The summed E-state index contributed by atoms with van der Waals surface area (Å²) in [6.07, 6.45) is 2.40. The molecule has 2 aliphatic rings. The van der Waals surface area contributed by atoms with E-state index >= 15 is 0 Å². The monoisotopic (exact) mass is 302 g/mol. The lowest BCUT2D eigenvalue weighted by Crippen LogP contribution is -2.41. The van der Waals surface area contributed by atoms with Crippen molar-refractivity contribution in [3.63, 3.8) is 0 Å². The van der Waals surface area contributed by atoms with Crippen molar-refractivity contribution in [1.82, 2.24) is 9.80 Å². The van der Waals surface area contributed by atoms with Crippen molar-refractivity contribution in [3.8, 4) is 0 Å². The minimum absolute atomic E-state index is 0.183. The van der Waals surface area contributed by atoms with Crippen LogP contribution in [0.25, 0.3) is 10.1 Å². The number of fused-ring (bicyclic) bond motifs is 1. The van der Waals surface area contributed by atoms with E-state index < -0.39 is 0 Å². The molecular weight excluding hydrogens is 280 g/mol. The van der Waals surface area contributed by atoms with Crippen molar-refractivity contribution in [2.24, 2.45) is 0 Å². The van der Waals surface area contributed by atoms with Gasteiger partial charge in [0.25, 0.3) is 0 Å². The molecule has 4 heteroatoms. The van der Waals surface area contributed by atoms with Crippen LogP contribution in [0.5, 0.6) is 0 Å². The van der Waals surface area contributed by atoms with Gasteiger partial charge < -0.3 is 5.11 Å². The van der Waals surface area contributed by atoms with Crippen LogP contribution >= 0.6 is 11.3 Å². The number of rotatable bonds is 3. The molecule has 2 aliphatic heterocycles. The molecule has 0 unspecified atom stereocenters. The summed E-state index contributed by atoms with van der Waals surface area (Å²) in [4.78, 5) is 6.30. The molecule has 3 heterocycles. The van der Waals surface area contributed by atoms with Gasteiger partial charge in [-0.1, -0.05) is 18.2 Å². The van der Waals surface area contributed by atoms with E-state index in [2.05, 4.69) is 40.1 Å². The number of hydrogen-bond acceptors (Lipinski definition) is 4. The van der Waals surface area contributed by atoms with E-state index in [4.69, 9.17) is 0 Å². The third kappa shape index (κ3) is 2.73. The zero-order valence-corrected chi connectivity index (χ0v) is 13.1. The van der Waals surface area contributed by atoms with Crippen molar-refractivity contribution in [3.05, 3.63) is 35.2 Å². The first-order chi connectivity index (χ1) is 10.3. The molecule has 2 atom stereocenters. The number of likely N-dealkylation sites (tertiary alicyclic amines) is 2. The summed E-state index contributed by atoms with van der Waals surface area (Å²) in [7, 11) is 0. The van der Waals surface area contributed by atoms with Crippen LogP contribution < -0.4 is 0 Å². The Labute approximate surface area is 129 Å². The second-order valence-corrected chi connectivity index (χ2v) is 7.49. The van der Waals surface area contributed by atoms with E-state index in [9.17, 15) is 5.11 Å². The molecule has 3 nitrogen and oxygen atoms in total. The molecular formula is C17H22N2OS. The fraction of sp³-hybridized carbons (Fsp3) is 0.529.